The maximum Gasteiger partial charge on any atom is 0.267 e. The third-order valence-corrected chi connectivity index (χ3v) is 5.74. The Morgan fingerprint density at radius 1 is 1.11 bits per heavy atom. The number of fused-ring (bicyclic) bond motifs is 2. The third kappa shape index (κ3) is 4.39. The molecule has 2 atom stereocenters. The van der Waals surface area contributed by atoms with Gasteiger partial charge >= 0.3 is 0 Å². The maximum atomic E-state index is 13.9. The van der Waals surface area contributed by atoms with Crippen molar-refractivity contribution in [1.29, 1.82) is 0 Å². The van der Waals surface area contributed by atoms with Gasteiger partial charge in [0.1, 0.15) is 17.5 Å². The summed E-state index contributed by atoms with van der Waals surface area (Å²) in [4.78, 5) is 36.2. The fourth-order valence-electron chi connectivity index (χ4n) is 4.11. The van der Waals surface area contributed by atoms with Crippen molar-refractivity contribution in [2.45, 2.75) is 26.0 Å². The molecule has 0 fully saturated rings. The standard InChI is InChI=1S/C27H23N7O3/c1-16(35)12-13-18-8-6-11-20-21(18)27(37)34(19-9-4-3-5-10-19)24(31-20)17(2)30-26(36)22-23(28)32-33-15-7-14-29-25(22)33/h3-11,14-17,35H,1-2H3,(H2,28,32)(H,30,36)/t16-,17+/m0/s1. The van der Waals surface area contributed by atoms with Crippen LogP contribution in [0.25, 0.3) is 22.2 Å². The van der Waals surface area contributed by atoms with Gasteiger partial charge in [-0.3, -0.25) is 14.2 Å². The number of nitrogens with zero attached hydrogens (tertiary/aromatic N) is 5. The zero-order valence-corrected chi connectivity index (χ0v) is 20.1. The molecule has 0 bridgehead atoms. The first-order valence-electron chi connectivity index (χ1n) is 11.6. The number of benzene rings is 2. The van der Waals surface area contributed by atoms with Gasteiger partial charge in [0.15, 0.2) is 11.5 Å². The molecule has 3 heterocycles. The van der Waals surface area contributed by atoms with Crippen LogP contribution in [-0.4, -0.2) is 41.3 Å². The van der Waals surface area contributed by atoms with Gasteiger partial charge in [-0.05, 0) is 44.2 Å². The molecule has 0 unspecified atom stereocenters. The van der Waals surface area contributed by atoms with E-state index in [1.165, 1.54) is 9.08 Å². The highest BCUT2D eigenvalue weighted by molar-refractivity contribution is 6.04. The summed E-state index contributed by atoms with van der Waals surface area (Å²) in [6, 6.07) is 15.2. The van der Waals surface area contributed by atoms with Gasteiger partial charge < -0.3 is 16.2 Å². The van der Waals surface area contributed by atoms with E-state index in [9.17, 15) is 14.7 Å². The van der Waals surface area contributed by atoms with Gasteiger partial charge in [-0.2, -0.15) is 0 Å². The van der Waals surface area contributed by atoms with Crippen molar-refractivity contribution in [3.63, 3.8) is 0 Å². The van der Waals surface area contributed by atoms with E-state index in [2.05, 4.69) is 27.2 Å². The van der Waals surface area contributed by atoms with Crippen molar-refractivity contribution in [2.24, 2.45) is 0 Å². The van der Waals surface area contributed by atoms with Crippen LogP contribution in [0.5, 0.6) is 0 Å². The lowest BCUT2D eigenvalue weighted by Crippen LogP contribution is -2.33. The minimum absolute atomic E-state index is 0.0386. The number of nitrogens with one attached hydrogen (secondary N) is 1. The Bertz CT molecular complexity index is 1760. The summed E-state index contributed by atoms with van der Waals surface area (Å²) in [5.41, 5.74) is 7.58. The number of nitrogen functional groups attached to an aromatic ring is 1. The molecule has 0 saturated heterocycles. The lowest BCUT2D eigenvalue weighted by Gasteiger charge is -2.20. The molecule has 0 aliphatic heterocycles. The second kappa shape index (κ2) is 9.56. The largest absolute Gasteiger partial charge is 0.381 e. The van der Waals surface area contributed by atoms with Gasteiger partial charge in [0.25, 0.3) is 11.5 Å². The molecule has 0 radical (unpaired) electrons. The lowest BCUT2D eigenvalue weighted by atomic mass is 10.1. The molecule has 10 heteroatoms. The highest BCUT2D eigenvalue weighted by Gasteiger charge is 2.24. The van der Waals surface area contributed by atoms with Crippen molar-refractivity contribution in [1.82, 2.24) is 29.5 Å². The first-order valence-corrected chi connectivity index (χ1v) is 11.6. The Kier molecular flexibility index (Phi) is 6.13. The molecule has 0 saturated carbocycles. The number of amides is 1. The molecule has 0 spiro atoms. The Labute approximate surface area is 211 Å². The summed E-state index contributed by atoms with van der Waals surface area (Å²) < 4.78 is 2.89. The minimum Gasteiger partial charge on any atom is -0.381 e. The summed E-state index contributed by atoms with van der Waals surface area (Å²) in [6.45, 7) is 3.28. The fraction of sp³-hybridized carbons (Fsp3) is 0.148. The molecule has 184 valence electrons. The topological polar surface area (TPSA) is 140 Å². The van der Waals surface area contributed by atoms with Gasteiger partial charge in [0.2, 0.25) is 0 Å². The molecular formula is C27H23N7O3. The van der Waals surface area contributed by atoms with Crippen LogP contribution in [0.4, 0.5) is 5.82 Å². The SMILES string of the molecule is C[C@H](O)C#Cc1cccc2nc([C@@H](C)NC(=O)c3c(N)nn4cccnc34)n(-c3ccccc3)c(=O)c12. The van der Waals surface area contributed by atoms with Gasteiger partial charge in [0.05, 0.1) is 22.6 Å². The van der Waals surface area contributed by atoms with E-state index >= 15 is 0 Å². The molecule has 5 rings (SSSR count). The second-order valence-corrected chi connectivity index (χ2v) is 8.43. The average Bonchev–Trinajstić information content (AvgIpc) is 3.23. The monoisotopic (exact) mass is 493 g/mol. The number of nitrogens with two attached hydrogens (primary N) is 1. The van der Waals surface area contributed by atoms with Crippen molar-refractivity contribution in [3.8, 4) is 17.5 Å². The van der Waals surface area contributed by atoms with Crippen LogP contribution in [0, 0.1) is 11.8 Å². The predicted octanol–water partition coefficient (Wildman–Crippen LogP) is 2.23. The number of carbonyl (C=O) groups excluding carboxylic acids is 1. The van der Waals surface area contributed by atoms with Crippen LogP contribution >= 0.6 is 0 Å². The van der Waals surface area contributed by atoms with Gasteiger partial charge in [-0.25, -0.2) is 14.5 Å². The normalized spacial score (nSPS) is 12.6. The Morgan fingerprint density at radius 3 is 2.65 bits per heavy atom. The molecule has 10 nitrogen and oxygen atoms in total. The Morgan fingerprint density at radius 2 is 1.89 bits per heavy atom. The van der Waals surface area contributed by atoms with Gasteiger partial charge in [-0.1, -0.05) is 36.1 Å². The van der Waals surface area contributed by atoms with Crippen LogP contribution < -0.4 is 16.6 Å². The molecule has 0 aliphatic rings. The Balaban J connectivity index is 1.66. The molecule has 4 N–H and O–H groups in total. The quantitative estimate of drug-likeness (QED) is 0.326. The van der Waals surface area contributed by atoms with E-state index in [-0.39, 0.29) is 16.9 Å². The second-order valence-electron chi connectivity index (χ2n) is 8.43. The van der Waals surface area contributed by atoms with Gasteiger partial charge in [0, 0.05) is 18.0 Å². The molecule has 3 aromatic heterocycles. The number of rotatable bonds is 4. The number of hydrogen-bond donors (Lipinski definition) is 3. The molecular weight excluding hydrogens is 470 g/mol. The van der Waals surface area contributed by atoms with E-state index in [1.807, 2.05) is 18.2 Å². The van der Waals surface area contributed by atoms with E-state index in [0.29, 0.717) is 33.6 Å². The van der Waals surface area contributed by atoms with Crippen LogP contribution in [-0.2, 0) is 0 Å². The summed E-state index contributed by atoms with van der Waals surface area (Å²) in [5, 5.41) is 17.0. The van der Waals surface area contributed by atoms with Gasteiger partial charge in [-0.15, -0.1) is 5.10 Å². The Hall–Kier alpha value is -5.01. The summed E-state index contributed by atoms with van der Waals surface area (Å²) >= 11 is 0. The molecule has 37 heavy (non-hydrogen) atoms. The first kappa shape index (κ1) is 23.7. The van der Waals surface area contributed by atoms with Crippen LogP contribution in [0.1, 0.15) is 41.6 Å². The number of aliphatic hydroxyl groups excluding tert-OH is 1. The molecule has 2 aromatic carbocycles. The number of aromatic nitrogens is 5. The number of anilines is 1. The number of carbonyl (C=O) groups is 1. The van der Waals surface area contributed by atoms with E-state index in [1.54, 1.807) is 62.6 Å². The van der Waals surface area contributed by atoms with Crippen LogP contribution in [0.3, 0.4) is 0 Å². The van der Waals surface area contributed by atoms with Crippen molar-refractivity contribution < 1.29 is 9.90 Å². The van der Waals surface area contributed by atoms with Crippen molar-refractivity contribution in [2.75, 3.05) is 5.73 Å². The summed E-state index contributed by atoms with van der Waals surface area (Å²) in [5.74, 6) is 5.42. The average molecular weight is 494 g/mol. The van der Waals surface area contributed by atoms with E-state index < -0.39 is 18.1 Å². The van der Waals surface area contributed by atoms with Crippen LogP contribution in [0.15, 0.2) is 71.8 Å². The van der Waals surface area contributed by atoms with Crippen molar-refractivity contribution in [3.05, 3.63) is 94.3 Å². The molecule has 0 aliphatic carbocycles. The number of para-hydroxylation sites is 1. The fourth-order valence-corrected chi connectivity index (χ4v) is 4.11. The highest BCUT2D eigenvalue weighted by atomic mass is 16.3. The third-order valence-electron chi connectivity index (χ3n) is 5.74. The molecule has 1 amide bonds. The molecule has 5 aromatic rings. The summed E-state index contributed by atoms with van der Waals surface area (Å²) in [7, 11) is 0. The van der Waals surface area contributed by atoms with Crippen molar-refractivity contribution >= 4 is 28.3 Å². The summed E-state index contributed by atoms with van der Waals surface area (Å²) in [6.07, 6.45) is 2.34. The maximum absolute atomic E-state index is 13.9. The zero-order chi connectivity index (χ0) is 26.1. The van der Waals surface area contributed by atoms with E-state index in [4.69, 9.17) is 10.7 Å². The first-order chi connectivity index (χ1) is 17.8. The predicted molar refractivity (Wildman–Crippen MR) is 139 cm³/mol. The van der Waals surface area contributed by atoms with E-state index in [0.717, 1.165) is 0 Å². The highest BCUT2D eigenvalue weighted by Crippen LogP contribution is 2.22. The number of aliphatic hydroxyl groups is 1. The smallest absolute Gasteiger partial charge is 0.267 e. The number of hydrogen-bond acceptors (Lipinski definition) is 7. The van der Waals surface area contributed by atoms with Crippen LogP contribution in [0.2, 0.25) is 0 Å². The minimum atomic E-state index is -0.851. The zero-order valence-electron chi connectivity index (χ0n) is 20.1. The lowest BCUT2D eigenvalue weighted by molar-refractivity contribution is 0.0940.